The van der Waals surface area contributed by atoms with Crippen molar-refractivity contribution in [3.8, 4) is 0 Å². The Labute approximate surface area is 167 Å². The van der Waals surface area contributed by atoms with Gasteiger partial charge in [-0.05, 0) is 37.6 Å². The van der Waals surface area contributed by atoms with E-state index in [4.69, 9.17) is 4.42 Å². The molecule has 148 valence electrons. The van der Waals surface area contributed by atoms with Crippen LogP contribution in [0, 0.1) is 0 Å². The Balaban J connectivity index is 1.76. The van der Waals surface area contributed by atoms with E-state index in [1.54, 1.807) is 18.2 Å². The van der Waals surface area contributed by atoms with Gasteiger partial charge in [0.2, 0.25) is 0 Å². The van der Waals surface area contributed by atoms with Crippen molar-refractivity contribution in [2.45, 2.75) is 32.9 Å². The number of nitrogens with one attached hydrogen (secondary N) is 1. The highest BCUT2D eigenvalue weighted by Gasteiger charge is 2.36. The largest absolute Gasteiger partial charge is 0.467 e. The molecule has 7 nitrogen and oxygen atoms in total. The Morgan fingerprint density at radius 1 is 1.14 bits per heavy atom. The van der Waals surface area contributed by atoms with Gasteiger partial charge in [-0.1, -0.05) is 25.1 Å². The fraction of sp³-hybridized carbons (Fsp3) is 0.227. The van der Waals surface area contributed by atoms with E-state index >= 15 is 0 Å². The summed E-state index contributed by atoms with van der Waals surface area (Å²) in [6, 6.07) is 10.7. The van der Waals surface area contributed by atoms with Crippen molar-refractivity contribution in [3.63, 3.8) is 0 Å². The van der Waals surface area contributed by atoms with Gasteiger partial charge in [0.05, 0.1) is 12.8 Å². The molecule has 1 aliphatic heterocycles. The van der Waals surface area contributed by atoms with Gasteiger partial charge in [-0.15, -0.1) is 0 Å². The van der Waals surface area contributed by atoms with E-state index in [1.807, 2.05) is 30.5 Å². The van der Waals surface area contributed by atoms with E-state index in [9.17, 15) is 14.4 Å². The van der Waals surface area contributed by atoms with Crippen LogP contribution < -0.4 is 5.32 Å². The number of rotatable bonds is 5. The molecule has 0 aliphatic carbocycles. The second-order valence-corrected chi connectivity index (χ2v) is 7.05. The van der Waals surface area contributed by atoms with Gasteiger partial charge < -0.3 is 8.98 Å². The zero-order valence-electron chi connectivity index (χ0n) is 16.2. The molecule has 1 N–H and O–H groups in total. The van der Waals surface area contributed by atoms with E-state index in [0.717, 1.165) is 27.8 Å². The number of carbonyl (C=O) groups is 3. The lowest BCUT2D eigenvalue weighted by molar-refractivity contribution is -0.130. The number of furan rings is 1. The number of benzene rings is 1. The van der Waals surface area contributed by atoms with Crippen LogP contribution in [-0.2, 0) is 16.1 Å². The number of para-hydroxylation sites is 1. The maximum absolute atomic E-state index is 12.9. The lowest BCUT2D eigenvalue weighted by Gasteiger charge is -2.25. The Morgan fingerprint density at radius 3 is 2.66 bits per heavy atom. The summed E-state index contributed by atoms with van der Waals surface area (Å²) < 4.78 is 7.37. The number of hydrogen-bond acceptors (Lipinski definition) is 4. The maximum atomic E-state index is 12.9. The number of imide groups is 2. The molecule has 1 atom stereocenters. The van der Waals surface area contributed by atoms with Crippen molar-refractivity contribution >= 4 is 34.8 Å². The third-order valence-electron chi connectivity index (χ3n) is 5.22. The Kier molecular flexibility index (Phi) is 4.80. The monoisotopic (exact) mass is 391 g/mol. The fourth-order valence-electron chi connectivity index (χ4n) is 3.46. The first kappa shape index (κ1) is 18.7. The van der Waals surface area contributed by atoms with Crippen LogP contribution in [-0.4, -0.2) is 27.3 Å². The SMILES string of the molecule is CC[C@@H](C)n1cc(/C=C2\C(=O)NC(=O)N(Cc3ccco3)C2=O)c2ccccc21. The highest BCUT2D eigenvalue weighted by molar-refractivity contribution is 6.31. The number of urea groups is 1. The molecule has 1 aromatic carbocycles. The van der Waals surface area contributed by atoms with Crippen LogP contribution >= 0.6 is 0 Å². The van der Waals surface area contributed by atoms with Crippen molar-refractivity contribution < 1.29 is 18.8 Å². The molecule has 0 unspecified atom stereocenters. The number of nitrogens with zero attached hydrogens (tertiary/aromatic N) is 2. The molecule has 0 radical (unpaired) electrons. The molecule has 2 aromatic heterocycles. The second-order valence-electron chi connectivity index (χ2n) is 7.05. The summed E-state index contributed by atoms with van der Waals surface area (Å²) in [5, 5.41) is 3.18. The third-order valence-corrected chi connectivity index (χ3v) is 5.22. The molecular weight excluding hydrogens is 370 g/mol. The van der Waals surface area contributed by atoms with Gasteiger partial charge in [-0.2, -0.15) is 0 Å². The Hall–Kier alpha value is -3.61. The zero-order valence-corrected chi connectivity index (χ0v) is 16.2. The van der Waals surface area contributed by atoms with Crippen molar-refractivity contribution in [3.05, 3.63) is 65.8 Å². The normalized spacial score (nSPS) is 17.2. The predicted octanol–water partition coefficient (Wildman–Crippen LogP) is 3.87. The third kappa shape index (κ3) is 3.35. The Morgan fingerprint density at radius 2 is 1.93 bits per heavy atom. The Bertz CT molecular complexity index is 1120. The van der Waals surface area contributed by atoms with Gasteiger partial charge in [-0.3, -0.25) is 19.8 Å². The van der Waals surface area contributed by atoms with Crippen molar-refractivity contribution in [2.24, 2.45) is 0 Å². The standard InChI is InChI=1S/C22H21N3O4/c1-3-14(2)24-12-15(17-8-4-5-9-19(17)24)11-18-20(26)23-22(28)25(21(18)27)13-16-7-6-10-29-16/h4-12,14H,3,13H2,1-2H3,(H,23,26,28)/b18-11+/t14-/m1/s1. The van der Waals surface area contributed by atoms with E-state index in [2.05, 4.69) is 23.7 Å². The first-order chi connectivity index (χ1) is 14.0. The van der Waals surface area contributed by atoms with Gasteiger partial charge in [-0.25, -0.2) is 4.79 Å². The first-order valence-electron chi connectivity index (χ1n) is 9.50. The molecule has 29 heavy (non-hydrogen) atoms. The van der Waals surface area contributed by atoms with Crippen LogP contribution in [0.15, 0.2) is 58.8 Å². The molecular formula is C22H21N3O4. The molecule has 3 heterocycles. The number of barbiturate groups is 1. The number of aromatic nitrogens is 1. The summed E-state index contributed by atoms with van der Waals surface area (Å²) in [5.74, 6) is -0.887. The average molecular weight is 391 g/mol. The number of carbonyl (C=O) groups excluding carboxylic acids is 3. The quantitative estimate of drug-likeness (QED) is 0.529. The van der Waals surface area contributed by atoms with Crippen LogP contribution in [0.3, 0.4) is 0 Å². The smallest absolute Gasteiger partial charge is 0.331 e. The number of amides is 4. The van der Waals surface area contributed by atoms with Crippen LogP contribution in [0.2, 0.25) is 0 Å². The average Bonchev–Trinajstić information content (AvgIpc) is 3.36. The molecule has 0 saturated carbocycles. The molecule has 0 spiro atoms. The zero-order chi connectivity index (χ0) is 20.5. The summed E-state index contributed by atoms with van der Waals surface area (Å²) >= 11 is 0. The van der Waals surface area contributed by atoms with Crippen molar-refractivity contribution in [1.82, 2.24) is 14.8 Å². The lowest BCUT2D eigenvalue weighted by atomic mass is 10.1. The summed E-state index contributed by atoms with van der Waals surface area (Å²) in [7, 11) is 0. The molecule has 7 heteroatoms. The highest BCUT2D eigenvalue weighted by atomic mass is 16.3. The van der Waals surface area contributed by atoms with Gasteiger partial charge >= 0.3 is 6.03 Å². The maximum Gasteiger partial charge on any atom is 0.331 e. The van der Waals surface area contributed by atoms with Crippen molar-refractivity contribution in [2.75, 3.05) is 0 Å². The van der Waals surface area contributed by atoms with Crippen LogP contribution in [0.25, 0.3) is 17.0 Å². The summed E-state index contributed by atoms with van der Waals surface area (Å²) in [6.07, 6.45) is 5.91. The van der Waals surface area contributed by atoms with E-state index in [-0.39, 0.29) is 18.2 Å². The topological polar surface area (TPSA) is 84.6 Å². The number of fused-ring (bicyclic) bond motifs is 1. The minimum atomic E-state index is -0.754. The highest BCUT2D eigenvalue weighted by Crippen LogP contribution is 2.28. The van der Waals surface area contributed by atoms with E-state index in [0.29, 0.717) is 5.76 Å². The van der Waals surface area contributed by atoms with E-state index in [1.165, 1.54) is 6.26 Å². The lowest BCUT2D eigenvalue weighted by Crippen LogP contribution is -2.53. The minimum Gasteiger partial charge on any atom is -0.467 e. The van der Waals surface area contributed by atoms with Crippen LogP contribution in [0.5, 0.6) is 0 Å². The molecule has 4 amide bonds. The van der Waals surface area contributed by atoms with Gasteiger partial charge in [0.1, 0.15) is 11.3 Å². The van der Waals surface area contributed by atoms with Crippen LogP contribution in [0.4, 0.5) is 4.79 Å². The van der Waals surface area contributed by atoms with E-state index < -0.39 is 17.8 Å². The minimum absolute atomic E-state index is 0.0447. The second kappa shape index (κ2) is 7.43. The first-order valence-corrected chi connectivity index (χ1v) is 9.50. The van der Waals surface area contributed by atoms with Gasteiger partial charge in [0.25, 0.3) is 11.8 Å². The summed E-state index contributed by atoms with van der Waals surface area (Å²) in [4.78, 5) is 38.5. The van der Waals surface area contributed by atoms with Crippen LogP contribution in [0.1, 0.15) is 37.6 Å². The molecule has 3 aromatic rings. The van der Waals surface area contributed by atoms with Crippen molar-refractivity contribution in [1.29, 1.82) is 0 Å². The number of hydrogen-bond donors (Lipinski definition) is 1. The molecule has 1 aliphatic rings. The molecule has 4 rings (SSSR count). The summed E-state index contributed by atoms with van der Waals surface area (Å²) in [5.41, 5.74) is 1.70. The molecule has 0 bridgehead atoms. The fourth-order valence-corrected chi connectivity index (χ4v) is 3.46. The van der Waals surface area contributed by atoms with Gasteiger partial charge in [0.15, 0.2) is 0 Å². The van der Waals surface area contributed by atoms with Gasteiger partial charge in [0, 0.05) is 28.7 Å². The predicted molar refractivity (Wildman–Crippen MR) is 108 cm³/mol. The molecule has 1 saturated heterocycles. The summed E-state index contributed by atoms with van der Waals surface area (Å²) in [6.45, 7) is 4.18. The molecule has 1 fully saturated rings.